The van der Waals surface area contributed by atoms with Crippen molar-refractivity contribution in [1.82, 2.24) is 10.1 Å². The number of halogens is 1. The van der Waals surface area contributed by atoms with Gasteiger partial charge in [-0.25, -0.2) is 0 Å². The first-order chi connectivity index (χ1) is 6.25. The van der Waals surface area contributed by atoms with Crippen LogP contribution in [0.4, 0.5) is 0 Å². The minimum atomic E-state index is 0.561. The normalized spacial score (nSPS) is 10.3. The van der Waals surface area contributed by atoms with Crippen LogP contribution in [0.5, 0.6) is 0 Å². The zero-order valence-corrected chi connectivity index (χ0v) is 7.75. The van der Waals surface area contributed by atoms with E-state index in [4.69, 9.17) is 11.6 Å². The van der Waals surface area contributed by atoms with E-state index in [2.05, 4.69) is 14.7 Å². The van der Waals surface area contributed by atoms with E-state index < -0.39 is 0 Å². The van der Waals surface area contributed by atoms with E-state index >= 15 is 0 Å². The molecule has 0 unspecified atom stereocenters. The Morgan fingerprint density at radius 1 is 1.31 bits per heavy atom. The van der Waals surface area contributed by atoms with Crippen LogP contribution >= 0.6 is 11.6 Å². The maximum absolute atomic E-state index is 5.88. The van der Waals surface area contributed by atoms with Crippen LogP contribution in [-0.2, 0) is 0 Å². The van der Waals surface area contributed by atoms with Gasteiger partial charge in [-0.15, -0.1) is 0 Å². The van der Waals surface area contributed by atoms with Crippen molar-refractivity contribution in [2.24, 2.45) is 0 Å². The summed E-state index contributed by atoms with van der Waals surface area (Å²) in [5.41, 5.74) is 1.95. The first kappa shape index (κ1) is 8.26. The molecule has 0 N–H and O–H groups in total. The Morgan fingerprint density at radius 3 is 2.77 bits per heavy atom. The average molecular weight is 195 g/mol. The third kappa shape index (κ3) is 1.70. The largest absolute Gasteiger partial charge is 0.342 e. The van der Waals surface area contributed by atoms with E-state index in [0.717, 1.165) is 11.1 Å². The Labute approximate surface area is 80.3 Å². The molecular formula is C9H7ClN2O. The highest BCUT2D eigenvalue weighted by atomic mass is 35.5. The van der Waals surface area contributed by atoms with Crippen LogP contribution < -0.4 is 0 Å². The number of aromatic nitrogens is 2. The van der Waals surface area contributed by atoms with Crippen molar-refractivity contribution < 1.29 is 4.52 Å². The maximum Gasteiger partial charge on any atom is 0.214 e. The SMILES string of the molecule is Cc1cc(Cl)cc(-c2ncon2)c1. The van der Waals surface area contributed by atoms with Crippen molar-refractivity contribution in [3.8, 4) is 11.4 Å². The molecule has 4 heteroatoms. The molecule has 0 radical (unpaired) electrons. The molecule has 1 aromatic carbocycles. The van der Waals surface area contributed by atoms with Crippen LogP contribution in [0.15, 0.2) is 29.1 Å². The van der Waals surface area contributed by atoms with Gasteiger partial charge in [0.1, 0.15) is 0 Å². The molecule has 0 aliphatic heterocycles. The van der Waals surface area contributed by atoms with Gasteiger partial charge in [-0.3, -0.25) is 0 Å². The number of hydrogen-bond acceptors (Lipinski definition) is 3. The summed E-state index contributed by atoms with van der Waals surface area (Å²) >= 11 is 5.88. The Kier molecular flexibility index (Phi) is 2.02. The Bertz CT molecular complexity index is 391. The Morgan fingerprint density at radius 2 is 2.15 bits per heavy atom. The van der Waals surface area contributed by atoms with Gasteiger partial charge in [0, 0.05) is 10.6 Å². The monoisotopic (exact) mass is 194 g/mol. The van der Waals surface area contributed by atoms with Crippen molar-refractivity contribution >= 4 is 11.6 Å². The Balaban J connectivity index is 2.53. The minimum Gasteiger partial charge on any atom is -0.342 e. The number of rotatable bonds is 1. The van der Waals surface area contributed by atoms with Gasteiger partial charge in [0.15, 0.2) is 0 Å². The molecule has 1 heterocycles. The predicted molar refractivity (Wildman–Crippen MR) is 49.5 cm³/mol. The zero-order chi connectivity index (χ0) is 9.26. The first-order valence-electron chi connectivity index (χ1n) is 3.79. The van der Waals surface area contributed by atoms with Crippen molar-refractivity contribution in [2.75, 3.05) is 0 Å². The van der Waals surface area contributed by atoms with E-state index in [9.17, 15) is 0 Å². The fraction of sp³-hybridized carbons (Fsp3) is 0.111. The summed E-state index contributed by atoms with van der Waals surface area (Å²) in [7, 11) is 0. The molecule has 0 fully saturated rings. The lowest BCUT2D eigenvalue weighted by molar-refractivity contribution is 0.419. The summed E-state index contributed by atoms with van der Waals surface area (Å²) in [6.45, 7) is 1.97. The van der Waals surface area contributed by atoms with Crippen molar-refractivity contribution in [2.45, 2.75) is 6.92 Å². The molecule has 1 aromatic heterocycles. The summed E-state index contributed by atoms with van der Waals surface area (Å²) in [6, 6.07) is 5.64. The lowest BCUT2D eigenvalue weighted by Crippen LogP contribution is -1.82. The van der Waals surface area contributed by atoms with Gasteiger partial charge in [-0.05, 0) is 30.7 Å². The van der Waals surface area contributed by atoms with Gasteiger partial charge < -0.3 is 4.52 Å². The lowest BCUT2D eigenvalue weighted by atomic mass is 10.1. The van der Waals surface area contributed by atoms with Crippen LogP contribution in [0.3, 0.4) is 0 Å². The quantitative estimate of drug-likeness (QED) is 0.701. The van der Waals surface area contributed by atoms with E-state index in [1.165, 1.54) is 6.39 Å². The molecule has 0 amide bonds. The van der Waals surface area contributed by atoms with Gasteiger partial charge in [0.2, 0.25) is 12.2 Å². The highest BCUT2D eigenvalue weighted by Crippen LogP contribution is 2.21. The highest BCUT2D eigenvalue weighted by Gasteiger charge is 2.03. The smallest absolute Gasteiger partial charge is 0.214 e. The molecule has 2 aromatic rings. The Hall–Kier alpha value is -1.35. The molecule has 2 rings (SSSR count). The van der Waals surface area contributed by atoms with Crippen molar-refractivity contribution in [3.63, 3.8) is 0 Å². The molecule has 0 atom stereocenters. The third-order valence-electron chi connectivity index (χ3n) is 1.66. The molecular weight excluding hydrogens is 188 g/mol. The van der Waals surface area contributed by atoms with E-state index in [0.29, 0.717) is 10.8 Å². The fourth-order valence-corrected chi connectivity index (χ4v) is 1.45. The number of aryl methyl sites for hydroxylation is 1. The number of nitrogens with zero attached hydrogens (tertiary/aromatic N) is 2. The summed E-state index contributed by atoms with van der Waals surface area (Å²) in [6.07, 6.45) is 1.30. The van der Waals surface area contributed by atoms with Gasteiger partial charge in [0.05, 0.1) is 0 Å². The fourth-order valence-electron chi connectivity index (χ4n) is 1.16. The van der Waals surface area contributed by atoms with E-state index in [-0.39, 0.29) is 0 Å². The van der Waals surface area contributed by atoms with Crippen LogP contribution in [0, 0.1) is 6.92 Å². The highest BCUT2D eigenvalue weighted by molar-refractivity contribution is 6.30. The second kappa shape index (κ2) is 3.18. The molecule has 3 nitrogen and oxygen atoms in total. The molecule has 0 saturated carbocycles. The molecule has 0 aliphatic rings. The second-order valence-corrected chi connectivity index (χ2v) is 3.21. The molecule has 66 valence electrons. The van der Waals surface area contributed by atoms with Crippen molar-refractivity contribution in [3.05, 3.63) is 35.2 Å². The molecule has 0 saturated heterocycles. The van der Waals surface area contributed by atoms with Crippen LogP contribution in [0.1, 0.15) is 5.56 Å². The lowest BCUT2D eigenvalue weighted by Gasteiger charge is -1.98. The molecule has 0 aliphatic carbocycles. The maximum atomic E-state index is 5.88. The number of benzene rings is 1. The average Bonchev–Trinajstić information content (AvgIpc) is 2.53. The van der Waals surface area contributed by atoms with Gasteiger partial charge in [-0.2, -0.15) is 4.98 Å². The first-order valence-corrected chi connectivity index (χ1v) is 4.17. The molecule has 0 bridgehead atoms. The standard InChI is InChI=1S/C9H7ClN2O/c1-6-2-7(4-8(10)3-6)9-11-5-13-12-9/h2-5H,1H3. The topological polar surface area (TPSA) is 38.9 Å². The summed E-state index contributed by atoms with van der Waals surface area (Å²) < 4.78 is 4.64. The van der Waals surface area contributed by atoms with Gasteiger partial charge in [-0.1, -0.05) is 16.8 Å². The summed E-state index contributed by atoms with van der Waals surface area (Å²) in [5.74, 6) is 0.561. The van der Waals surface area contributed by atoms with Gasteiger partial charge >= 0.3 is 0 Å². The van der Waals surface area contributed by atoms with Gasteiger partial charge in [0.25, 0.3) is 0 Å². The third-order valence-corrected chi connectivity index (χ3v) is 1.88. The number of hydrogen-bond donors (Lipinski definition) is 0. The van der Waals surface area contributed by atoms with Crippen molar-refractivity contribution in [1.29, 1.82) is 0 Å². The molecule has 0 spiro atoms. The van der Waals surface area contributed by atoms with E-state index in [1.54, 1.807) is 6.07 Å². The van der Waals surface area contributed by atoms with Crippen LogP contribution in [-0.4, -0.2) is 10.1 Å². The molecule has 13 heavy (non-hydrogen) atoms. The summed E-state index contributed by atoms with van der Waals surface area (Å²) in [5, 5.41) is 4.40. The van der Waals surface area contributed by atoms with E-state index in [1.807, 2.05) is 19.1 Å². The predicted octanol–water partition coefficient (Wildman–Crippen LogP) is 2.70. The van der Waals surface area contributed by atoms with Crippen LogP contribution in [0.2, 0.25) is 5.02 Å². The second-order valence-electron chi connectivity index (χ2n) is 2.77. The minimum absolute atomic E-state index is 0.561. The summed E-state index contributed by atoms with van der Waals surface area (Å²) in [4.78, 5) is 3.93. The zero-order valence-electron chi connectivity index (χ0n) is 6.99. The van der Waals surface area contributed by atoms with Crippen LogP contribution in [0.25, 0.3) is 11.4 Å².